The minimum atomic E-state index is -1.37. The van der Waals surface area contributed by atoms with Gasteiger partial charge in [-0.2, -0.15) is 0 Å². The van der Waals surface area contributed by atoms with Crippen LogP contribution in [0.1, 0.15) is 41.2 Å². The maximum absolute atomic E-state index is 12.1. The molecule has 4 heterocycles. The average molecular weight is 480 g/mol. The van der Waals surface area contributed by atoms with E-state index in [4.69, 9.17) is 9.15 Å². The first-order valence-corrected chi connectivity index (χ1v) is 13.0. The maximum atomic E-state index is 12.1. The minimum Gasteiger partial charge on any atom is -0.436 e. The minimum absolute atomic E-state index is 0.271. The number of aromatic nitrogens is 1. The lowest BCUT2D eigenvalue weighted by Crippen LogP contribution is -2.63. The van der Waals surface area contributed by atoms with Gasteiger partial charge in [0.05, 0.1) is 25.9 Å². The third kappa shape index (κ3) is 3.46. The Bertz CT molecular complexity index is 1340. The molecular weight excluding hydrogens is 448 g/mol. The summed E-state index contributed by atoms with van der Waals surface area (Å²) in [5.74, 6) is 1.84. The molecule has 36 heavy (non-hydrogen) atoms. The zero-order valence-electron chi connectivity index (χ0n) is 20.3. The van der Waals surface area contributed by atoms with E-state index in [-0.39, 0.29) is 6.10 Å². The highest BCUT2D eigenvalue weighted by Crippen LogP contribution is 2.50. The summed E-state index contributed by atoms with van der Waals surface area (Å²) < 4.78 is 13.8. The SMILES string of the molecule is OC1(c2ncc(C[N+]34CCC(CC3)C(OCc3ccccc3)C4)o2)c2ccccc2-c2ccccc21. The number of aliphatic hydroxyl groups is 1. The van der Waals surface area contributed by atoms with Crippen molar-refractivity contribution in [2.45, 2.75) is 37.7 Å². The van der Waals surface area contributed by atoms with Gasteiger partial charge in [-0.25, -0.2) is 4.98 Å². The molecule has 0 amide bonds. The van der Waals surface area contributed by atoms with E-state index in [9.17, 15) is 5.11 Å². The zero-order valence-corrected chi connectivity index (χ0v) is 20.3. The van der Waals surface area contributed by atoms with Gasteiger partial charge < -0.3 is 18.7 Å². The first-order chi connectivity index (χ1) is 17.6. The quantitative estimate of drug-likeness (QED) is 0.383. The van der Waals surface area contributed by atoms with Crippen LogP contribution >= 0.6 is 0 Å². The first kappa shape index (κ1) is 22.0. The molecule has 1 N–H and O–H groups in total. The van der Waals surface area contributed by atoms with Crippen LogP contribution in [-0.2, 0) is 23.5 Å². The molecule has 0 spiro atoms. The lowest BCUT2D eigenvalue weighted by atomic mass is 9.83. The van der Waals surface area contributed by atoms with Crippen molar-refractivity contribution in [3.63, 3.8) is 0 Å². The van der Waals surface area contributed by atoms with Crippen LogP contribution in [0.15, 0.2) is 89.5 Å². The Hall–Kier alpha value is -3.25. The number of fused-ring (bicyclic) bond motifs is 6. The van der Waals surface area contributed by atoms with Crippen molar-refractivity contribution in [3.8, 4) is 11.1 Å². The topological polar surface area (TPSA) is 55.5 Å². The molecular formula is C31H31N2O3+. The summed E-state index contributed by atoms with van der Waals surface area (Å²) in [5.41, 5.74) is 3.59. The molecule has 182 valence electrons. The molecule has 1 atom stereocenters. The number of piperidine rings is 3. The second-order valence-corrected chi connectivity index (χ2v) is 10.7. The van der Waals surface area contributed by atoms with E-state index < -0.39 is 5.60 Å². The molecule has 8 rings (SSSR count). The van der Waals surface area contributed by atoms with Gasteiger partial charge in [0.25, 0.3) is 0 Å². The van der Waals surface area contributed by atoms with Crippen molar-refractivity contribution in [1.82, 2.24) is 4.98 Å². The molecule has 0 saturated carbocycles. The summed E-state index contributed by atoms with van der Waals surface area (Å²) in [4.78, 5) is 4.65. The van der Waals surface area contributed by atoms with Gasteiger partial charge in [0.15, 0.2) is 11.4 Å². The summed E-state index contributed by atoms with van der Waals surface area (Å²) in [6, 6.07) is 26.5. The Kier molecular flexibility index (Phi) is 5.14. The van der Waals surface area contributed by atoms with Gasteiger partial charge >= 0.3 is 0 Å². The lowest BCUT2D eigenvalue weighted by Gasteiger charge is -2.52. The maximum Gasteiger partial charge on any atom is 0.236 e. The highest BCUT2D eigenvalue weighted by Gasteiger charge is 2.49. The molecule has 1 aliphatic carbocycles. The molecule has 0 radical (unpaired) electrons. The second-order valence-electron chi connectivity index (χ2n) is 10.7. The summed E-state index contributed by atoms with van der Waals surface area (Å²) in [7, 11) is 0. The molecule has 5 heteroatoms. The molecule has 3 saturated heterocycles. The zero-order chi connectivity index (χ0) is 24.2. The van der Waals surface area contributed by atoms with Crippen molar-refractivity contribution >= 4 is 0 Å². The Morgan fingerprint density at radius 1 is 0.889 bits per heavy atom. The molecule has 5 nitrogen and oxygen atoms in total. The summed E-state index contributed by atoms with van der Waals surface area (Å²) >= 11 is 0. The fourth-order valence-electron chi connectivity index (χ4n) is 6.73. The monoisotopic (exact) mass is 479 g/mol. The van der Waals surface area contributed by atoms with E-state index >= 15 is 0 Å². The van der Waals surface area contributed by atoms with Crippen LogP contribution in [0.4, 0.5) is 0 Å². The van der Waals surface area contributed by atoms with Crippen LogP contribution < -0.4 is 0 Å². The van der Waals surface area contributed by atoms with Crippen molar-refractivity contribution in [1.29, 1.82) is 0 Å². The van der Waals surface area contributed by atoms with Gasteiger partial charge in [-0.05, 0) is 16.7 Å². The van der Waals surface area contributed by atoms with Crippen LogP contribution in [0.25, 0.3) is 11.1 Å². The highest BCUT2D eigenvalue weighted by atomic mass is 16.5. The van der Waals surface area contributed by atoms with E-state index in [1.54, 1.807) is 0 Å². The van der Waals surface area contributed by atoms with E-state index in [1.165, 1.54) is 18.4 Å². The molecule has 3 aliphatic heterocycles. The fraction of sp³-hybridized carbons (Fsp3) is 0.323. The van der Waals surface area contributed by atoms with Crippen molar-refractivity contribution < 1.29 is 18.7 Å². The Morgan fingerprint density at radius 2 is 1.53 bits per heavy atom. The number of benzene rings is 3. The largest absolute Gasteiger partial charge is 0.436 e. The summed E-state index contributed by atoms with van der Waals surface area (Å²) in [6.45, 7) is 4.73. The summed E-state index contributed by atoms with van der Waals surface area (Å²) in [5, 5.41) is 12.1. The number of quaternary nitrogens is 1. The van der Waals surface area contributed by atoms with Gasteiger partial charge in [0.2, 0.25) is 5.89 Å². The molecule has 3 aromatic carbocycles. The molecule has 3 fully saturated rings. The fourth-order valence-corrected chi connectivity index (χ4v) is 6.73. The van der Waals surface area contributed by atoms with Crippen molar-refractivity contribution in [2.75, 3.05) is 19.6 Å². The number of ether oxygens (including phenoxy) is 1. The van der Waals surface area contributed by atoms with Gasteiger partial charge in [0, 0.05) is 29.9 Å². The predicted molar refractivity (Wildman–Crippen MR) is 137 cm³/mol. The van der Waals surface area contributed by atoms with Crippen molar-refractivity contribution in [3.05, 3.63) is 113 Å². The van der Waals surface area contributed by atoms with Crippen LogP contribution in [0, 0.1) is 5.92 Å². The van der Waals surface area contributed by atoms with E-state index in [0.29, 0.717) is 18.4 Å². The third-order valence-electron chi connectivity index (χ3n) is 8.63. The van der Waals surface area contributed by atoms with Gasteiger partial charge in [0.1, 0.15) is 19.2 Å². The molecule has 4 aromatic rings. The van der Waals surface area contributed by atoms with Crippen LogP contribution in [-0.4, -0.2) is 40.3 Å². The first-order valence-electron chi connectivity index (χ1n) is 13.0. The second kappa shape index (κ2) is 8.41. The Labute approximate surface area is 211 Å². The normalized spacial score (nSPS) is 25.5. The lowest BCUT2D eigenvalue weighted by molar-refractivity contribution is -0.959. The number of nitrogens with zero attached hydrogens (tertiary/aromatic N) is 2. The smallest absolute Gasteiger partial charge is 0.236 e. The van der Waals surface area contributed by atoms with E-state index in [2.05, 4.69) is 41.4 Å². The van der Waals surface area contributed by atoms with Crippen LogP contribution in [0.3, 0.4) is 0 Å². The number of oxazole rings is 1. The van der Waals surface area contributed by atoms with Crippen LogP contribution in [0.5, 0.6) is 0 Å². The predicted octanol–water partition coefficient (Wildman–Crippen LogP) is 5.27. The van der Waals surface area contributed by atoms with Crippen molar-refractivity contribution in [2.24, 2.45) is 5.92 Å². The van der Waals surface area contributed by atoms with E-state index in [1.807, 2.05) is 48.7 Å². The van der Waals surface area contributed by atoms with Gasteiger partial charge in [-0.15, -0.1) is 0 Å². The average Bonchev–Trinajstić information content (AvgIpc) is 3.50. The molecule has 4 aliphatic rings. The number of hydrogen-bond acceptors (Lipinski definition) is 4. The Morgan fingerprint density at radius 3 is 2.22 bits per heavy atom. The molecule has 1 unspecified atom stereocenters. The van der Waals surface area contributed by atoms with Gasteiger partial charge in [-0.3, -0.25) is 0 Å². The number of rotatable bonds is 6. The number of hydrogen-bond donors (Lipinski definition) is 1. The third-order valence-corrected chi connectivity index (χ3v) is 8.63. The van der Waals surface area contributed by atoms with Gasteiger partial charge in [-0.1, -0.05) is 78.9 Å². The molecule has 2 bridgehead atoms. The molecule has 1 aromatic heterocycles. The van der Waals surface area contributed by atoms with E-state index in [0.717, 1.165) is 58.7 Å². The standard InChI is InChI=1S/C31H31N2O3/c34-31(27-12-6-4-10-25(27)26-11-5-7-13-28(26)31)30-32-18-24(36-30)19-33-16-14-23(15-17-33)29(20-33)35-21-22-8-2-1-3-9-22/h1-13,18,23,29,34H,14-17,19-21H2/q+1. The Balaban J connectivity index is 1.14. The van der Waals surface area contributed by atoms with Crippen LogP contribution in [0.2, 0.25) is 0 Å². The highest BCUT2D eigenvalue weighted by molar-refractivity contribution is 5.81. The summed E-state index contributed by atoms with van der Waals surface area (Å²) in [6.07, 6.45) is 4.47.